The van der Waals surface area contributed by atoms with E-state index in [-0.39, 0.29) is 18.3 Å². The summed E-state index contributed by atoms with van der Waals surface area (Å²) in [6, 6.07) is 7.97. The van der Waals surface area contributed by atoms with Gasteiger partial charge in [0.2, 0.25) is 5.91 Å². The second kappa shape index (κ2) is 7.15. The Morgan fingerprint density at radius 3 is 2.86 bits per heavy atom. The molecule has 1 heterocycles. The molecule has 0 aliphatic heterocycles. The van der Waals surface area contributed by atoms with Crippen molar-refractivity contribution >= 4 is 5.91 Å². The van der Waals surface area contributed by atoms with E-state index in [1.54, 1.807) is 7.05 Å². The van der Waals surface area contributed by atoms with E-state index < -0.39 is 6.55 Å². The van der Waals surface area contributed by atoms with Crippen molar-refractivity contribution in [3.8, 4) is 0 Å². The number of carbonyl (C=O) groups excluding carboxylic acids is 1. The number of halogens is 2. The van der Waals surface area contributed by atoms with Gasteiger partial charge in [0.25, 0.3) is 0 Å². The van der Waals surface area contributed by atoms with Gasteiger partial charge in [0.15, 0.2) is 0 Å². The lowest BCUT2D eigenvalue weighted by Crippen LogP contribution is -2.28. The molecule has 1 aromatic carbocycles. The average molecular weight is 307 g/mol. The molecule has 0 unspecified atom stereocenters. The third-order valence-corrected chi connectivity index (χ3v) is 3.47. The van der Waals surface area contributed by atoms with Gasteiger partial charge in [0, 0.05) is 25.9 Å². The zero-order chi connectivity index (χ0) is 16.1. The zero-order valence-corrected chi connectivity index (χ0v) is 12.7. The van der Waals surface area contributed by atoms with Gasteiger partial charge in [-0.05, 0) is 18.9 Å². The van der Waals surface area contributed by atoms with Crippen molar-refractivity contribution < 1.29 is 13.6 Å². The molecule has 22 heavy (non-hydrogen) atoms. The summed E-state index contributed by atoms with van der Waals surface area (Å²) in [6.07, 6.45) is 3.50. The van der Waals surface area contributed by atoms with Gasteiger partial charge in [-0.15, -0.1) is 0 Å². The van der Waals surface area contributed by atoms with Crippen molar-refractivity contribution in [2.45, 2.75) is 32.9 Å². The Morgan fingerprint density at radius 1 is 1.41 bits per heavy atom. The number of hydrogen-bond donors (Lipinski definition) is 0. The molecular formula is C16H19F2N3O. The number of carbonyl (C=O) groups is 1. The van der Waals surface area contributed by atoms with Crippen LogP contribution in [0, 0.1) is 6.92 Å². The summed E-state index contributed by atoms with van der Waals surface area (Å²) in [5.41, 5.74) is 2.24. The Morgan fingerprint density at radius 2 is 2.18 bits per heavy atom. The monoisotopic (exact) mass is 307 g/mol. The van der Waals surface area contributed by atoms with Gasteiger partial charge in [0.05, 0.1) is 6.54 Å². The Kier molecular flexibility index (Phi) is 5.25. The molecule has 0 radical (unpaired) electrons. The minimum absolute atomic E-state index is 0.0734. The highest BCUT2D eigenvalue weighted by Crippen LogP contribution is 2.14. The second-order valence-corrected chi connectivity index (χ2v) is 5.27. The standard InChI is InChI=1S/C16H19F2N3O/c1-12-4-3-5-13(10-12)6-7-15(22)20(2)11-14-19-8-9-21(14)16(17)18/h3-5,8-10,16H,6-7,11H2,1-2H3. The van der Waals surface area contributed by atoms with Gasteiger partial charge in [-0.3, -0.25) is 9.36 Å². The zero-order valence-electron chi connectivity index (χ0n) is 12.7. The number of hydrogen-bond acceptors (Lipinski definition) is 2. The molecule has 6 heteroatoms. The fourth-order valence-electron chi connectivity index (χ4n) is 2.25. The predicted molar refractivity (Wildman–Crippen MR) is 79.5 cm³/mol. The predicted octanol–water partition coefficient (Wildman–Crippen LogP) is 3.18. The van der Waals surface area contributed by atoms with E-state index in [2.05, 4.69) is 4.98 Å². The van der Waals surface area contributed by atoms with E-state index in [9.17, 15) is 13.6 Å². The van der Waals surface area contributed by atoms with Gasteiger partial charge >= 0.3 is 6.55 Å². The molecule has 1 amide bonds. The van der Waals surface area contributed by atoms with Crippen LogP contribution in [0.4, 0.5) is 8.78 Å². The first-order valence-electron chi connectivity index (χ1n) is 7.06. The highest BCUT2D eigenvalue weighted by molar-refractivity contribution is 5.76. The highest BCUT2D eigenvalue weighted by atomic mass is 19.3. The molecule has 0 saturated heterocycles. The van der Waals surface area contributed by atoms with E-state index in [4.69, 9.17) is 0 Å². The van der Waals surface area contributed by atoms with Crippen molar-refractivity contribution in [1.29, 1.82) is 0 Å². The molecule has 0 fully saturated rings. The van der Waals surface area contributed by atoms with Crippen molar-refractivity contribution in [1.82, 2.24) is 14.5 Å². The lowest BCUT2D eigenvalue weighted by molar-refractivity contribution is -0.130. The van der Waals surface area contributed by atoms with Crippen LogP contribution in [0.3, 0.4) is 0 Å². The lowest BCUT2D eigenvalue weighted by atomic mass is 10.1. The maximum atomic E-state index is 12.7. The van der Waals surface area contributed by atoms with E-state index >= 15 is 0 Å². The topological polar surface area (TPSA) is 38.1 Å². The molecule has 2 rings (SSSR count). The van der Waals surface area contributed by atoms with Crippen LogP contribution in [0.25, 0.3) is 0 Å². The molecule has 0 N–H and O–H groups in total. The van der Waals surface area contributed by atoms with Gasteiger partial charge in [-0.25, -0.2) is 4.98 Å². The van der Waals surface area contributed by atoms with Gasteiger partial charge in [-0.2, -0.15) is 8.78 Å². The molecule has 118 valence electrons. The van der Waals surface area contributed by atoms with Crippen molar-refractivity contribution in [2.75, 3.05) is 7.05 Å². The SMILES string of the molecule is Cc1cccc(CCC(=O)N(C)Cc2nccn2C(F)F)c1. The van der Waals surface area contributed by atoms with Crippen LogP contribution < -0.4 is 0 Å². The lowest BCUT2D eigenvalue weighted by Gasteiger charge is -2.17. The molecule has 0 bridgehead atoms. The molecule has 0 saturated carbocycles. The minimum Gasteiger partial charge on any atom is -0.338 e. The number of benzene rings is 1. The fourth-order valence-corrected chi connectivity index (χ4v) is 2.25. The first-order valence-corrected chi connectivity index (χ1v) is 7.06. The van der Waals surface area contributed by atoms with Crippen LogP contribution in [0.2, 0.25) is 0 Å². The van der Waals surface area contributed by atoms with Crippen LogP contribution in [-0.2, 0) is 17.8 Å². The third kappa shape index (κ3) is 4.13. The number of aryl methyl sites for hydroxylation is 2. The number of imidazole rings is 1. The normalized spacial score (nSPS) is 11.0. The van der Waals surface area contributed by atoms with E-state index in [1.165, 1.54) is 17.3 Å². The number of nitrogens with zero attached hydrogens (tertiary/aromatic N) is 3. The van der Waals surface area contributed by atoms with Crippen LogP contribution in [0.5, 0.6) is 0 Å². The summed E-state index contributed by atoms with van der Waals surface area (Å²) in [4.78, 5) is 17.4. The maximum Gasteiger partial charge on any atom is 0.319 e. The minimum atomic E-state index is -2.65. The number of aromatic nitrogens is 2. The summed E-state index contributed by atoms with van der Waals surface area (Å²) < 4.78 is 26.2. The summed E-state index contributed by atoms with van der Waals surface area (Å²) in [6.45, 7) is -0.570. The Bertz CT molecular complexity index is 640. The third-order valence-electron chi connectivity index (χ3n) is 3.47. The summed E-state index contributed by atoms with van der Waals surface area (Å²) in [5, 5.41) is 0. The summed E-state index contributed by atoms with van der Waals surface area (Å²) in [7, 11) is 1.60. The van der Waals surface area contributed by atoms with Crippen LogP contribution in [0.1, 0.15) is 29.9 Å². The molecule has 4 nitrogen and oxygen atoms in total. The second-order valence-electron chi connectivity index (χ2n) is 5.27. The van der Waals surface area contributed by atoms with E-state index in [1.807, 2.05) is 31.2 Å². The van der Waals surface area contributed by atoms with Gasteiger partial charge < -0.3 is 4.90 Å². The van der Waals surface area contributed by atoms with Gasteiger partial charge in [0.1, 0.15) is 5.82 Å². The maximum absolute atomic E-state index is 12.7. The number of alkyl halides is 2. The van der Waals surface area contributed by atoms with Crippen LogP contribution in [0.15, 0.2) is 36.7 Å². The highest BCUT2D eigenvalue weighted by Gasteiger charge is 2.16. The number of rotatable bonds is 6. The number of amides is 1. The summed E-state index contributed by atoms with van der Waals surface area (Å²) in [5.74, 6) is 0.0896. The smallest absolute Gasteiger partial charge is 0.319 e. The molecular weight excluding hydrogens is 288 g/mol. The Hall–Kier alpha value is -2.24. The van der Waals surface area contributed by atoms with Crippen LogP contribution in [-0.4, -0.2) is 27.4 Å². The summed E-state index contributed by atoms with van der Waals surface area (Å²) >= 11 is 0. The van der Waals surface area contributed by atoms with E-state index in [0.717, 1.165) is 15.7 Å². The van der Waals surface area contributed by atoms with Crippen molar-refractivity contribution in [2.24, 2.45) is 0 Å². The molecule has 0 aliphatic rings. The Balaban J connectivity index is 1.91. The van der Waals surface area contributed by atoms with Crippen LogP contribution >= 0.6 is 0 Å². The first kappa shape index (κ1) is 16.1. The molecule has 0 aliphatic carbocycles. The fraction of sp³-hybridized carbons (Fsp3) is 0.375. The molecule has 0 spiro atoms. The van der Waals surface area contributed by atoms with Crippen molar-refractivity contribution in [3.63, 3.8) is 0 Å². The molecule has 1 aromatic heterocycles. The van der Waals surface area contributed by atoms with E-state index in [0.29, 0.717) is 12.8 Å². The quantitative estimate of drug-likeness (QED) is 0.822. The largest absolute Gasteiger partial charge is 0.338 e. The first-order chi connectivity index (χ1) is 10.5. The molecule has 2 aromatic rings. The average Bonchev–Trinajstić information content (AvgIpc) is 2.93. The van der Waals surface area contributed by atoms with Gasteiger partial charge in [-0.1, -0.05) is 29.8 Å². The Labute approximate surface area is 128 Å². The molecule has 0 atom stereocenters. The van der Waals surface area contributed by atoms with Crippen molar-refractivity contribution in [3.05, 3.63) is 53.6 Å².